The molecule has 1 saturated carbocycles. The fourth-order valence-electron chi connectivity index (χ4n) is 3.26. The second kappa shape index (κ2) is 6.75. The average Bonchev–Trinajstić information content (AvgIpc) is 3.30. The van der Waals surface area contributed by atoms with Crippen molar-refractivity contribution in [2.24, 2.45) is 5.92 Å². The van der Waals surface area contributed by atoms with E-state index >= 15 is 0 Å². The number of nitrogens with zero attached hydrogens (tertiary/aromatic N) is 3. The van der Waals surface area contributed by atoms with Gasteiger partial charge in [-0.25, -0.2) is 0 Å². The van der Waals surface area contributed by atoms with Crippen molar-refractivity contribution in [3.8, 4) is 0 Å². The zero-order valence-electron chi connectivity index (χ0n) is 13.4. The molecule has 3 rings (SSSR count). The second-order valence-electron chi connectivity index (χ2n) is 6.85. The van der Waals surface area contributed by atoms with Crippen molar-refractivity contribution in [2.45, 2.75) is 38.3 Å². The molecular weight excluding hydrogens is 260 g/mol. The third-order valence-electron chi connectivity index (χ3n) is 4.62. The molecule has 0 unspecified atom stereocenters. The first-order valence-electron chi connectivity index (χ1n) is 8.28. The average molecular weight is 288 g/mol. The molecule has 2 aliphatic rings. The number of rotatable bonds is 6. The van der Waals surface area contributed by atoms with E-state index in [1.165, 1.54) is 56.6 Å². The topological polar surface area (TPSA) is 31.4 Å². The number of hydrogen-bond donors (Lipinski definition) is 1. The summed E-state index contributed by atoms with van der Waals surface area (Å²) in [4.78, 5) is 9.20. The Bertz CT molecular complexity index is 448. The highest BCUT2D eigenvalue weighted by Gasteiger charge is 2.23. The third-order valence-corrected chi connectivity index (χ3v) is 4.62. The Balaban J connectivity index is 1.58. The maximum atomic E-state index is 4.35. The van der Waals surface area contributed by atoms with Gasteiger partial charge in [-0.1, -0.05) is 0 Å². The van der Waals surface area contributed by atoms with E-state index in [4.69, 9.17) is 0 Å². The Hall–Kier alpha value is -1.13. The third kappa shape index (κ3) is 4.17. The van der Waals surface area contributed by atoms with Crippen molar-refractivity contribution < 1.29 is 0 Å². The summed E-state index contributed by atoms with van der Waals surface area (Å²) in [7, 11) is 4.35. The number of nitrogens with one attached hydrogen (secondary N) is 1. The summed E-state index contributed by atoms with van der Waals surface area (Å²) >= 11 is 0. The van der Waals surface area contributed by atoms with Crippen molar-refractivity contribution in [3.63, 3.8) is 0 Å². The van der Waals surface area contributed by atoms with Crippen LogP contribution in [0.2, 0.25) is 0 Å². The molecule has 0 aromatic carbocycles. The summed E-state index contributed by atoms with van der Waals surface area (Å²) in [5.41, 5.74) is 2.75. The van der Waals surface area contributed by atoms with Crippen LogP contribution >= 0.6 is 0 Å². The Morgan fingerprint density at radius 2 is 2.00 bits per heavy atom. The van der Waals surface area contributed by atoms with Crippen LogP contribution in [0.4, 0.5) is 5.69 Å². The van der Waals surface area contributed by atoms with Crippen LogP contribution in [0.15, 0.2) is 18.5 Å². The Labute approximate surface area is 128 Å². The lowest BCUT2D eigenvalue weighted by atomic mass is 9.95. The van der Waals surface area contributed by atoms with Gasteiger partial charge in [0.2, 0.25) is 0 Å². The maximum absolute atomic E-state index is 4.35. The molecule has 0 amide bonds. The van der Waals surface area contributed by atoms with Crippen LogP contribution in [-0.2, 0) is 6.54 Å². The monoisotopic (exact) mass is 288 g/mol. The minimum atomic E-state index is 0.761. The summed E-state index contributed by atoms with van der Waals surface area (Å²) in [5, 5.41) is 3.63. The predicted molar refractivity (Wildman–Crippen MR) is 87.6 cm³/mol. The van der Waals surface area contributed by atoms with E-state index in [1.807, 2.05) is 6.20 Å². The van der Waals surface area contributed by atoms with Crippen LogP contribution in [0.25, 0.3) is 0 Å². The highest BCUT2D eigenvalue weighted by molar-refractivity contribution is 5.52. The molecule has 0 bridgehead atoms. The van der Waals surface area contributed by atoms with Gasteiger partial charge in [-0.15, -0.1) is 0 Å². The van der Waals surface area contributed by atoms with Crippen molar-refractivity contribution in [3.05, 3.63) is 24.0 Å². The SMILES string of the molecule is CN(C)CC1CCN(c2cnccc2CNC2CC2)CC1. The lowest BCUT2D eigenvalue weighted by Crippen LogP contribution is -2.37. The van der Waals surface area contributed by atoms with Crippen LogP contribution in [0.5, 0.6) is 0 Å². The maximum Gasteiger partial charge on any atom is 0.0598 e. The highest BCUT2D eigenvalue weighted by Crippen LogP contribution is 2.27. The fourth-order valence-corrected chi connectivity index (χ4v) is 3.26. The molecule has 1 saturated heterocycles. The Morgan fingerprint density at radius 1 is 1.24 bits per heavy atom. The van der Waals surface area contributed by atoms with Gasteiger partial charge in [0, 0.05) is 38.4 Å². The first-order valence-corrected chi connectivity index (χ1v) is 8.28. The fraction of sp³-hybridized carbons (Fsp3) is 0.706. The summed E-state index contributed by atoms with van der Waals surface area (Å²) in [6, 6.07) is 2.94. The van der Waals surface area contributed by atoms with Gasteiger partial charge in [0.15, 0.2) is 0 Å². The molecule has 0 radical (unpaired) electrons. The van der Waals surface area contributed by atoms with Crippen LogP contribution in [0.1, 0.15) is 31.2 Å². The van der Waals surface area contributed by atoms with Gasteiger partial charge < -0.3 is 15.1 Å². The summed E-state index contributed by atoms with van der Waals surface area (Å²) < 4.78 is 0. The zero-order chi connectivity index (χ0) is 14.7. The van der Waals surface area contributed by atoms with E-state index in [-0.39, 0.29) is 0 Å². The van der Waals surface area contributed by atoms with Gasteiger partial charge in [0.25, 0.3) is 0 Å². The van der Waals surface area contributed by atoms with Gasteiger partial charge in [-0.3, -0.25) is 4.98 Å². The zero-order valence-corrected chi connectivity index (χ0v) is 13.4. The number of anilines is 1. The van der Waals surface area contributed by atoms with Crippen molar-refractivity contribution in [2.75, 3.05) is 38.6 Å². The molecule has 4 heteroatoms. The van der Waals surface area contributed by atoms with E-state index in [1.54, 1.807) is 0 Å². The van der Waals surface area contributed by atoms with Gasteiger partial charge >= 0.3 is 0 Å². The van der Waals surface area contributed by atoms with E-state index in [2.05, 4.69) is 46.5 Å². The second-order valence-corrected chi connectivity index (χ2v) is 6.85. The van der Waals surface area contributed by atoms with Gasteiger partial charge in [-0.05, 0) is 57.3 Å². The van der Waals surface area contributed by atoms with Crippen molar-refractivity contribution >= 4 is 5.69 Å². The van der Waals surface area contributed by atoms with Crippen molar-refractivity contribution in [1.82, 2.24) is 15.2 Å². The molecule has 116 valence electrons. The first kappa shape index (κ1) is 14.8. The molecule has 2 fully saturated rings. The van der Waals surface area contributed by atoms with E-state index in [0.29, 0.717) is 0 Å². The highest BCUT2D eigenvalue weighted by atomic mass is 15.2. The number of hydrogen-bond acceptors (Lipinski definition) is 4. The van der Waals surface area contributed by atoms with Crippen molar-refractivity contribution in [1.29, 1.82) is 0 Å². The minimum Gasteiger partial charge on any atom is -0.370 e. The predicted octanol–water partition coefficient (Wildman–Crippen LogP) is 2.11. The molecule has 1 N–H and O–H groups in total. The molecular formula is C17H28N4. The molecule has 0 atom stereocenters. The van der Waals surface area contributed by atoms with Gasteiger partial charge in [0.05, 0.1) is 11.9 Å². The van der Waals surface area contributed by atoms with Gasteiger partial charge in [0.1, 0.15) is 0 Å². The number of piperidine rings is 1. The summed E-state index contributed by atoms with van der Waals surface area (Å²) in [5.74, 6) is 0.848. The molecule has 1 aromatic rings. The smallest absolute Gasteiger partial charge is 0.0598 e. The normalized spacial score (nSPS) is 20.2. The molecule has 2 heterocycles. The minimum absolute atomic E-state index is 0.761. The van der Waals surface area contributed by atoms with E-state index < -0.39 is 0 Å². The molecule has 4 nitrogen and oxygen atoms in total. The van der Waals surface area contributed by atoms with Crippen LogP contribution < -0.4 is 10.2 Å². The molecule has 0 spiro atoms. The van der Waals surface area contributed by atoms with Crippen LogP contribution in [-0.4, -0.2) is 49.7 Å². The van der Waals surface area contributed by atoms with E-state index in [9.17, 15) is 0 Å². The lowest BCUT2D eigenvalue weighted by Gasteiger charge is -2.35. The van der Waals surface area contributed by atoms with Crippen LogP contribution in [0, 0.1) is 5.92 Å². The molecule has 1 aromatic heterocycles. The molecule has 21 heavy (non-hydrogen) atoms. The Morgan fingerprint density at radius 3 is 2.67 bits per heavy atom. The quantitative estimate of drug-likeness (QED) is 0.869. The first-order chi connectivity index (χ1) is 10.2. The summed E-state index contributed by atoms with van der Waals surface area (Å²) in [6.45, 7) is 4.54. The van der Waals surface area contributed by atoms with Crippen LogP contribution in [0.3, 0.4) is 0 Å². The standard InChI is InChI=1S/C17H28N4/c1-20(2)13-14-6-9-21(10-7-14)17-12-18-8-5-15(17)11-19-16-3-4-16/h5,8,12,14,16,19H,3-4,6-7,9-11,13H2,1-2H3. The number of pyridine rings is 1. The Kier molecular flexibility index (Phi) is 4.76. The molecule has 1 aliphatic carbocycles. The number of aromatic nitrogens is 1. The van der Waals surface area contributed by atoms with E-state index in [0.717, 1.165) is 18.5 Å². The summed E-state index contributed by atoms with van der Waals surface area (Å²) in [6.07, 6.45) is 9.25. The van der Waals surface area contributed by atoms with Gasteiger partial charge in [-0.2, -0.15) is 0 Å². The lowest BCUT2D eigenvalue weighted by molar-refractivity contribution is 0.285. The molecule has 1 aliphatic heterocycles. The largest absolute Gasteiger partial charge is 0.370 e.